The Morgan fingerprint density at radius 2 is 1.95 bits per heavy atom. The quantitative estimate of drug-likeness (QED) is 0.763. The molecule has 0 spiro atoms. The molecule has 0 aliphatic rings. The normalized spacial score (nSPS) is 12.6. The molecule has 20 heavy (non-hydrogen) atoms. The highest BCUT2D eigenvalue weighted by Gasteiger charge is 2.22. The van der Waals surface area contributed by atoms with Crippen molar-refractivity contribution < 1.29 is 9.59 Å². The van der Waals surface area contributed by atoms with E-state index in [9.17, 15) is 9.59 Å². The molecule has 0 aliphatic heterocycles. The van der Waals surface area contributed by atoms with E-state index in [1.165, 1.54) is 0 Å². The van der Waals surface area contributed by atoms with Crippen LogP contribution in [0.15, 0.2) is 24.3 Å². The first-order valence-electron chi connectivity index (χ1n) is 6.61. The molecule has 1 rings (SSSR count). The monoisotopic (exact) mass is 277 g/mol. The minimum atomic E-state index is -0.723. The number of rotatable bonds is 5. The van der Waals surface area contributed by atoms with E-state index in [0.717, 1.165) is 11.3 Å². The van der Waals surface area contributed by atoms with E-state index in [0.29, 0.717) is 0 Å². The average Bonchev–Trinajstić information content (AvgIpc) is 2.25. The molecule has 5 nitrogen and oxygen atoms in total. The Bertz CT molecular complexity index is 492. The zero-order valence-electron chi connectivity index (χ0n) is 12.5. The molecule has 1 unspecified atom stereocenters. The van der Waals surface area contributed by atoms with Crippen molar-refractivity contribution in [1.82, 2.24) is 5.32 Å². The molecule has 0 heterocycles. The Labute approximate surface area is 119 Å². The zero-order chi connectivity index (χ0) is 15.3. The van der Waals surface area contributed by atoms with Gasteiger partial charge in [-0.1, -0.05) is 12.1 Å². The second-order valence-electron chi connectivity index (χ2n) is 5.97. The minimum Gasteiger partial charge on any atom is -0.373 e. The van der Waals surface area contributed by atoms with Crippen molar-refractivity contribution in [3.05, 3.63) is 29.8 Å². The molecule has 4 N–H and O–H groups in total. The predicted octanol–water partition coefficient (Wildman–Crippen LogP) is 1.57. The fourth-order valence-electron chi connectivity index (χ4n) is 1.81. The summed E-state index contributed by atoms with van der Waals surface area (Å²) in [6.07, 6.45) is 0.0144. The molecule has 1 aromatic rings. The Kier molecular flexibility index (Phi) is 5.13. The molecule has 0 radical (unpaired) electrons. The van der Waals surface area contributed by atoms with Gasteiger partial charge in [0.1, 0.15) is 6.04 Å². The van der Waals surface area contributed by atoms with Crippen LogP contribution >= 0.6 is 0 Å². The van der Waals surface area contributed by atoms with E-state index in [4.69, 9.17) is 5.73 Å². The van der Waals surface area contributed by atoms with Gasteiger partial charge in [0, 0.05) is 11.2 Å². The molecule has 110 valence electrons. The highest BCUT2D eigenvalue weighted by Crippen LogP contribution is 2.12. The molecule has 0 aromatic heterocycles. The third kappa shape index (κ3) is 5.73. The molecule has 0 bridgehead atoms. The van der Waals surface area contributed by atoms with Gasteiger partial charge in [0.25, 0.3) is 0 Å². The first-order chi connectivity index (χ1) is 9.17. The van der Waals surface area contributed by atoms with Crippen molar-refractivity contribution >= 4 is 17.5 Å². The summed E-state index contributed by atoms with van der Waals surface area (Å²) < 4.78 is 0. The van der Waals surface area contributed by atoms with Crippen LogP contribution < -0.4 is 16.4 Å². The lowest BCUT2D eigenvalue weighted by Crippen LogP contribution is -2.45. The molecule has 0 saturated heterocycles. The number of primary amides is 1. The van der Waals surface area contributed by atoms with Crippen molar-refractivity contribution in [2.45, 2.75) is 45.7 Å². The number of carbonyl (C=O) groups is 2. The van der Waals surface area contributed by atoms with Crippen LogP contribution in [0.4, 0.5) is 5.69 Å². The number of nitrogens with one attached hydrogen (secondary N) is 2. The van der Waals surface area contributed by atoms with Gasteiger partial charge < -0.3 is 16.4 Å². The van der Waals surface area contributed by atoms with Crippen molar-refractivity contribution in [3.63, 3.8) is 0 Å². The van der Waals surface area contributed by atoms with E-state index in [1.54, 1.807) is 0 Å². The van der Waals surface area contributed by atoms with Crippen LogP contribution in [0.25, 0.3) is 0 Å². The third-order valence-electron chi connectivity index (χ3n) is 2.61. The molecule has 5 heteroatoms. The maximum Gasteiger partial charge on any atom is 0.240 e. The molecule has 0 saturated carbocycles. The van der Waals surface area contributed by atoms with Crippen LogP contribution in [0.3, 0.4) is 0 Å². The number of hydrogen-bond donors (Lipinski definition) is 3. The lowest BCUT2D eigenvalue weighted by Gasteiger charge is -2.23. The number of anilines is 1. The summed E-state index contributed by atoms with van der Waals surface area (Å²) in [4.78, 5) is 23.3. The Hall–Kier alpha value is -2.04. The maximum atomic E-state index is 11.9. The van der Waals surface area contributed by atoms with Crippen molar-refractivity contribution in [3.8, 4) is 0 Å². The number of aryl methyl sites for hydroxylation is 1. The highest BCUT2D eigenvalue weighted by atomic mass is 16.2. The summed E-state index contributed by atoms with van der Waals surface area (Å²) in [5, 5.41) is 5.82. The van der Waals surface area contributed by atoms with Gasteiger partial charge >= 0.3 is 0 Å². The van der Waals surface area contributed by atoms with Gasteiger partial charge in [0.15, 0.2) is 0 Å². The summed E-state index contributed by atoms with van der Waals surface area (Å²) in [7, 11) is 0. The maximum absolute atomic E-state index is 11.9. The molecular formula is C15H23N3O2. The zero-order valence-corrected chi connectivity index (χ0v) is 12.5. The fraction of sp³-hybridized carbons (Fsp3) is 0.467. The topological polar surface area (TPSA) is 84.2 Å². The second kappa shape index (κ2) is 6.41. The van der Waals surface area contributed by atoms with E-state index < -0.39 is 11.9 Å². The summed E-state index contributed by atoms with van der Waals surface area (Å²) in [5.74, 6) is -0.753. The lowest BCUT2D eigenvalue weighted by molar-refractivity contribution is -0.126. The van der Waals surface area contributed by atoms with Gasteiger partial charge in [-0.2, -0.15) is 0 Å². The van der Waals surface area contributed by atoms with Gasteiger partial charge in [-0.25, -0.2) is 0 Å². The standard InChI is InChI=1S/C15H23N3O2/c1-10-6-5-7-11(8-10)17-12(14(16)20)9-13(19)18-15(2,3)4/h5-8,12,17H,9H2,1-4H3,(H2,16,20)(H,18,19). The fourth-order valence-corrected chi connectivity index (χ4v) is 1.81. The number of amides is 2. The van der Waals surface area contributed by atoms with Crippen molar-refractivity contribution in [2.24, 2.45) is 5.73 Å². The molecular weight excluding hydrogens is 254 g/mol. The smallest absolute Gasteiger partial charge is 0.240 e. The SMILES string of the molecule is Cc1cccc(NC(CC(=O)NC(C)(C)C)C(N)=O)c1. The Morgan fingerprint density at radius 1 is 1.30 bits per heavy atom. The van der Waals surface area contributed by atoms with Gasteiger partial charge in [-0.15, -0.1) is 0 Å². The van der Waals surface area contributed by atoms with Crippen LogP contribution in [0, 0.1) is 6.92 Å². The predicted molar refractivity (Wildman–Crippen MR) is 80.3 cm³/mol. The number of carbonyl (C=O) groups excluding carboxylic acids is 2. The Balaban J connectivity index is 2.71. The number of hydrogen-bond acceptors (Lipinski definition) is 3. The van der Waals surface area contributed by atoms with E-state index in [1.807, 2.05) is 52.0 Å². The average molecular weight is 277 g/mol. The van der Waals surface area contributed by atoms with Crippen LogP contribution in [0.5, 0.6) is 0 Å². The molecule has 1 atom stereocenters. The van der Waals surface area contributed by atoms with Gasteiger partial charge in [-0.05, 0) is 45.4 Å². The molecule has 0 aliphatic carbocycles. The minimum absolute atomic E-state index is 0.0144. The van der Waals surface area contributed by atoms with Crippen LogP contribution in [-0.2, 0) is 9.59 Å². The summed E-state index contributed by atoms with van der Waals surface area (Å²) >= 11 is 0. The van der Waals surface area contributed by atoms with Gasteiger partial charge in [0.2, 0.25) is 11.8 Å². The molecule has 1 aromatic carbocycles. The van der Waals surface area contributed by atoms with Crippen molar-refractivity contribution in [2.75, 3.05) is 5.32 Å². The summed E-state index contributed by atoms with van der Waals surface area (Å²) in [5.41, 5.74) is 6.86. The molecule has 0 fully saturated rings. The summed E-state index contributed by atoms with van der Waals surface area (Å²) in [6, 6.07) is 6.85. The van der Waals surface area contributed by atoms with E-state index >= 15 is 0 Å². The van der Waals surface area contributed by atoms with Crippen LogP contribution in [-0.4, -0.2) is 23.4 Å². The van der Waals surface area contributed by atoms with E-state index in [2.05, 4.69) is 10.6 Å². The number of nitrogens with two attached hydrogens (primary N) is 1. The Morgan fingerprint density at radius 3 is 2.45 bits per heavy atom. The second-order valence-corrected chi connectivity index (χ2v) is 5.97. The van der Waals surface area contributed by atoms with Crippen molar-refractivity contribution in [1.29, 1.82) is 0 Å². The third-order valence-corrected chi connectivity index (χ3v) is 2.61. The lowest BCUT2D eigenvalue weighted by atomic mass is 10.1. The van der Waals surface area contributed by atoms with Gasteiger partial charge in [-0.3, -0.25) is 9.59 Å². The first kappa shape index (κ1) is 16.0. The summed E-state index contributed by atoms with van der Waals surface area (Å²) in [6.45, 7) is 7.62. The molecule has 2 amide bonds. The first-order valence-corrected chi connectivity index (χ1v) is 6.61. The number of benzene rings is 1. The van der Waals surface area contributed by atoms with Crippen LogP contribution in [0.1, 0.15) is 32.8 Å². The largest absolute Gasteiger partial charge is 0.373 e. The highest BCUT2D eigenvalue weighted by molar-refractivity contribution is 5.89. The van der Waals surface area contributed by atoms with E-state index in [-0.39, 0.29) is 17.9 Å². The van der Waals surface area contributed by atoms with Gasteiger partial charge in [0.05, 0.1) is 6.42 Å². The van der Waals surface area contributed by atoms with Crippen LogP contribution in [0.2, 0.25) is 0 Å².